The van der Waals surface area contributed by atoms with Gasteiger partial charge in [0, 0.05) is 24.3 Å². The molecule has 2 heterocycles. The van der Waals surface area contributed by atoms with E-state index in [0.717, 1.165) is 16.6 Å². The second-order valence-corrected chi connectivity index (χ2v) is 6.57. The van der Waals surface area contributed by atoms with E-state index < -0.39 is 0 Å². The lowest BCUT2D eigenvalue weighted by Gasteiger charge is -2.10. The van der Waals surface area contributed by atoms with Gasteiger partial charge < -0.3 is 10.6 Å². The van der Waals surface area contributed by atoms with Gasteiger partial charge in [-0.15, -0.1) is 0 Å². The Balaban J connectivity index is 1.44. The van der Waals surface area contributed by atoms with Gasteiger partial charge in [0.1, 0.15) is 5.82 Å². The lowest BCUT2D eigenvalue weighted by Crippen LogP contribution is -2.26. The van der Waals surface area contributed by atoms with Crippen LogP contribution in [0.5, 0.6) is 0 Å². The fourth-order valence-corrected chi connectivity index (χ4v) is 3.11. The molecule has 5 nitrogen and oxygen atoms in total. The van der Waals surface area contributed by atoms with Crippen LogP contribution in [-0.2, 0) is 6.42 Å². The lowest BCUT2D eigenvalue weighted by molar-refractivity contribution is 0.0953. The zero-order valence-corrected chi connectivity index (χ0v) is 15.6. The highest BCUT2D eigenvalue weighted by Gasteiger charge is 2.09. The first kappa shape index (κ1) is 18.6. The molecule has 2 aromatic carbocycles. The van der Waals surface area contributed by atoms with Crippen molar-refractivity contribution in [3.8, 4) is 0 Å². The molecule has 29 heavy (non-hydrogen) atoms. The van der Waals surface area contributed by atoms with E-state index in [1.165, 1.54) is 12.3 Å². The van der Waals surface area contributed by atoms with Crippen LogP contribution in [0.3, 0.4) is 0 Å². The summed E-state index contributed by atoms with van der Waals surface area (Å²) in [5, 5.41) is 7.11. The number of benzene rings is 2. The largest absolute Gasteiger partial charge is 0.352 e. The van der Waals surface area contributed by atoms with Crippen molar-refractivity contribution < 1.29 is 9.18 Å². The lowest BCUT2D eigenvalue weighted by atomic mass is 10.1. The highest BCUT2D eigenvalue weighted by molar-refractivity contribution is 5.96. The van der Waals surface area contributed by atoms with Crippen LogP contribution >= 0.6 is 0 Å². The number of pyridine rings is 2. The van der Waals surface area contributed by atoms with E-state index in [1.54, 1.807) is 36.7 Å². The van der Waals surface area contributed by atoms with Crippen LogP contribution in [0.15, 0.2) is 79.3 Å². The van der Waals surface area contributed by atoms with Crippen LogP contribution in [0.1, 0.15) is 15.9 Å². The minimum Gasteiger partial charge on any atom is -0.352 e. The monoisotopic (exact) mass is 386 g/mol. The van der Waals surface area contributed by atoms with Crippen LogP contribution in [-0.4, -0.2) is 22.4 Å². The van der Waals surface area contributed by atoms with Crippen molar-refractivity contribution in [3.63, 3.8) is 0 Å². The third-order valence-electron chi connectivity index (χ3n) is 4.55. The molecule has 6 heteroatoms. The van der Waals surface area contributed by atoms with Crippen molar-refractivity contribution >= 4 is 28.2 Å². The molecule has 0 aliphatic carbocycles. The third-order valence-corrected chi connectivity index (χ3v) is 4.55. The van der Waals surface area contributed by atoms with Gasteiger partial charge in [0.2, 0.25) is 0 Å². The molecule has 0 bridgehead atoms. The second-order valence-electron chi connectivity index (χ2n) is 6.57. The Morgan fingerprint density at radius 3 is 2.76 bits per heavy atom. The van der Waals surface area contributed by atoms with Gasteiger partial charge in [-0.1, -0.05) is 36.4 Å². The van der Waals surface area contributed by atoms with E-state index >= 15 is 0 Å². The van der Waals surface area contributed by atoms with Gasteiger partial charge in [0.05, 0.1) is 28.7 Å². The summed E-state index contributed by atoms with van der Waals surface area (Å²) >= 11 is 0. The number of anilines is 2. The van der Waals surface area contributed by atoms with Gasteiger partial charge in [0.25, 0.3) is 5.91 Å². The maximum absolute atomic E-state index is 13.7. The standard InChI is InChI=1S/C23H19FN4O/c24-20-8-2-1-5-16(20)10-12-27-23(29)18-13-19(15-25-14-18)28-21-9-3-6-17-7-4-11-26-22(17)21/h1-9,11,13-15,28H,10,12H2,(H,27,29). The van der Waals surface area contributed by atoms with Crippen LogP contribution in [0.25, 0.3) is 10.9 Å². The Labute approximate surface area is 167 Å². The maximum Gasteiger partial charge on any atom is 0.252 e. The Bertz CT molecular complexity index is 1160. The average molecular weight is 386 g/mol. The molecule has 0 fully saturated rings. The van der Waals surface area contributed by atoms with Crippen LogP contribution in [0, 0.1) is 5.82 Å². The number of nitrogens with one attached hydrogen (secondary N) is 2. The fraction of sp³-hybridized carbons (Fsp3) is 0.0870. The number of rotatable bonds is 6. The van der Waals surface area contributed by atoms with Gasteiger partial charge in [-0.05, 0) is 36.2 Å². The van der Waals surface area contributed by atoms with E-state index in [-0.39, 0.29) is 11.7 Å². The summed E-state index contributed by atoms with van der Waals surface area (Å²) in [6.45, 7) is 0.338. The average Bonchev–Trinajstić information content (AvgIpc) is 2.75. The maximum atomic E-state index is 13.7. The highest BCUT2D eigenvalue weighted by atomic mass is 19.1. The van der Waals surface area contributed by atoms with Gasteiger partial charge in [0.15, 0.2) is 0 Å². The predicted octanol–water partition coefficient (Wildman–Crippen LogP) is 4.49. The summed E-state index contributed by atoms with van der Waals surface area (Å²) in [7, 11) is 0. The Morgan fingerprint density at radius 2 is 1.86 bits per heavy atom. The topological polar surface area (TPSA) is 66.9 Å². The molecule has 0 atom stereocenters. The molecular formula is C23H19FN4O. The number of amides is 1. The number of hydrogen-bond acceptors (Lipinski definition) is 4. The minimum absolute atomic E-state index is 0.256. The van der Waals surface area contributed by atoms with E-state index in [9.17, 15) is 9.18 Å². The summed E-state index contributed by atoms with van der Waals surface area (Å²) in [4.78, 5) is 21.0. The number of fused-ring (bicyclic) bond motifs is 1. The summed E-state index contributed by atoms with van der Waals surface area (Å²) in [6.07, 6.45) is 5.32. The number of hydrogen-bond donors (Lipinski definition) is 2. The number of aromatic nitrogens is 2. The quantitative estimate of drug-likeness (QED) is 0.513. The first-order valence-electron chi connectivity index (χ1n) is 9.28. The molecule has 2 N–H and O–H groups in total. The number of nitrogens with zero attached hydrogens (tertiary/aromatic N) is 2. The molecule has 144 valence electrons. The van der Waals surface area contributed by atoms with Gasteiger partial charge >= 0.3 is 0 Å². The van der Waals surface area contributed by atoms with Crippen LogP contribution < -0.4 is 10.6 Å². The summed E-state index contributed by atoms with van der Waals surface area (Å²) in [5.41, 5.74) is 3.36. The smallest absolute Gasteiger partial charge is 0.252 e. The van der Waals surface area contributed by atoms with E-state index in [2.05, 4.69) is 20.6 Å². The summed E-state index contributed by atoms with van der Waals surface area (Å²) in [6, 6.07) is 18.0. The summed E-state index contributed by atoms with van der Waals surface area (Å²) < 4.78 is 13.7. The van der Waals surface area contributed by atoms with E-state index in [4.69, 9.17) is 0 Å². The Morgan fingerprint density at radius 1 is 1.00 bits per heavy atom. The van der Waals surface area contributed by atoms with E-state index in [0.29, 0.717) is 29.8 Å². The number of para-hydroxylation sites is 1. The molecule has 0 aliphatic rings. The first-order valence-corrected chi connectivity index (χ1v) is 9.28. The first-order chi connectivity index (χ1) is 14.2. The fourth-order valence-electron chi connectivity index (χ4n) is 3.11. The normalized spacial score (nSPS) is 10.7. The van der Waals surface area contributed by atoms with Crippen molar-refractivity contribution in [1.29, 1.82) is 0 Å². The Hall–Kier alpha value is -3.80. The van der Waals surface area contributed by atoms with Crippen molar-refractivity contribution in [2.24, 2.45) is 0 Å². The number of halogens is 1. The molecule has 4 rings (SSSR count). The van der Waals surface area contributed by atoms with Crippen LogP contribution in [0.2, 0.25) is 0 Å². The van der Waals surface area contributed by atoms with Crippen molar-refractivity contribution in [1.82, 2.24) is 15.3 Å². The molecule has 0 radical (unpaired) electrons. The third kappa shape index (κ3) is 4.38. The van der Waals surface area contributed by atoms with Crippen molar-refractivity contribution in [2.75, 3.05) is 11.9 Å². The molecule has 0 aliphatic heterocycles. The number of carbonyl (C=O) groups is 1. The number of carbonyl (C=O) groups excluding carboxylic acids is 1. The zero-order chi connectivity index (χ0) is 20.1. The molecule has 0 spiro atoms. The molecule has 4 aromatic rings. The van der Waals surface area contributed by atoms with Crippen LogP contribution in [0.4, 0.5) is 15.8 Å². The van der Waals surface area contributed by atoms with Crippen molar-refractivity contribution in [3.05, 3.63) is 96.2 Å². The molecule has 2 aromatic heterocycles. The molecular weight excluding hydrogens is 367 g/mol. The van der Waals surface area contributed by atoms with Gasteiger partial charge in [-0.25, -0.2) is 4.39 Å². The van der Waals surface area contributed by atoms with Gasteiger partial charge in [-0.3, -0.25) is 14.8 Å². The predicted molar refractivity (Wildman–Crippen MR) is 112 cm³/mol. The zero-order valence-electron chi connectivity index (χ0n) is 15.6. The second kappa shape index (κ2) is 8.48. The van der Waals surface area contributed by atoms with Crippen molar-refractivity contribution in [2.45, 2.75) is 6.42 Å². The minimum atomic E-state index is -0.265. The Kier molecular flexibility index (Phi) is 5.42. The molecule has 1 amide bonds. The molecule has 0 saturated heterocycles. The molecule has 0 saturated carbocycles. The molecule has 0 unspecified atom stereocenters. The summed E-state index contributed by atoms with van der Waals surface area (Å²) in [5.74, 6) is -0.521. The van der Waals surface area contributed by atoms with E-state index in [1.807, 2.05) is 30.3 Å². The SMILES string of the molecule is O=C(NCCc1ccccc1F)c1cncc(Nc2cccc3cccnc23)c1. The van der Waals surface area contributed by atoms with Gasteiger partial charge in [-0.2, -0.15) is 0 Å². The highest BCUT2D eigenvalue weighted by Crippen LogP contribution is 2.24.